The molecule has 3 heterocycles. The molecule has 0 aliphatic carbocycles. The van der Waals surface area contributed by atoms with Gasteiger partial charge in [0.15, 0.2) is 0 Å². The molecule has 2 aromatic heterocycles. The first kappa shape index (κ1) is 17.5. The highest BCUT2D eigenvalue weighted by Gasteiger charge is 2.24. The Labute approximate surface area is 161 Å². The van der Waals surface area contributed by atoms with Gasteiger partial charge in [-0.15, -0.1) is 11.3 Å². The lowest BCUT2D eigenvalue weighted by molar-refractivity contribution is 0.0648. The Kier molecular flexibility index (Phi) is 4.73. The lowest BCUT2D eigenvalue weighted by Crippen LogP contribution is -2.48. The molecule has 0 unspecified atom stereocenters. The number of nitrogens with zero attached hydrogens (tertiary/aromatic N) is 4. The van der Waals surface area contributed by atoms with E-state index < -0.39 is 0 Å². The predicted octanol–water partition coefficient (Wildman–Crippen LogP) is 3.73. The van der Waals surface area contributed by atoms with Crippen LogP contribution in [0.3, 0.4) is 0 Å². The van der Waals surface area contributed by atoms with Gasteiger partial charge < -0.3 is 9.80 Å². The van der Waals surface area contributed by atoms with E-state index in [2.05, 4.69) is 16.9 Å². The highest BCUT2D eigenvalue weighted by Crippen LogP contribution is 2.34. The molecule has 0 radical (unpaired) electrons. The fourth-order valence-corrected chi connectivity index (χ4v) is 4.56. The number of piperazine rings is 1. The summed E-state index contributed by atoms with van der Waals surface area (Å²) in [4.78, 5) is 19.1. The summed E-state index contributed by atoms with van der Waals surface area (Å²) in [6, 6.07) is 9.65. The molecule has 136 valence electrons. The Hall–Kier alpha value is -1.89. The first-order valence-corrected chi connectivity index (χ1v) is 10.0. The van der Waals surface area contributed by atoms with Crippen molar-refractivity contribution in [2.24, 2.45) is 7.05 Å². The zero-order valence-corrected chi connectivity index (χ0v) is 16.5. The van der Waals surface area contributed by atoms with Crippen LogP contribution in [0.15, 0.2) is 30.3 Å². The highest BCUT2D eigenvalue weighted by molar-refractivity contribution is 7.20. The van der Waals surface area contributed by atoms with Crippen LogP contribution in [0.5, 0.6) is 0 Å². The lowest BCUT2D eigenvalue weighted by Gasteiger charge is -2.33. The summed E-state index contributed by atoms with van der Waals surface area (Å²) < 4.78 is 1.86. The average molecular weight is 389 g/mol. The molecule has 7 heteroatoms. The van der Waals surface area contributed by atoms with Crippen LogP contribution in [0.2, 0.25) is 5.02 Å². The van der Waals surface area contributed by atoms with Crippen molar-refractivity contribution in [1.29, 1.82) is 0 Å². The molecule has 0 spiro atoms. The Morgan fingerprint density at radius 1 is 1.19 bits per heavy atom. The van der Waals surface area contributed by atoms with Crippen LogP contribution in [-0.2, 0) is 7.05 Å². The van der Waals surface area contributed by atoms with E-state index in [1.165, 1.54) is 11.3 Å². The summed E-state index contributed by atoms with van der Waals surface area (Å²) in [6.07, 6.45) is 0. The van der Waals surface area contributed by atoms with E-state index in [1.807, 2.05) is 47.0 Å². The maximum atomic E-state index is 12.9. The molecule has 0 N–H and O–H groups in total. The summed E-state index contributed by atoms with van der Waals surface area (Å²) in [5.41, 5.74) is 1.90. The largest absolute Gasteiger partial charge is 0.335 e. The van der Waals surface area contributed by atoms with Crippen molar-refractivity contribution in [2.75, 3.05) is 32.7 Å². The molecule has 5 nitrogen and oxygen atoms in total. The molecule has 1 aliphatic rings. The fraction of sp³-hybridized carbons (Fsp3) is 0.368. The van der Waals surface area contributed by atoms with Crippen LogP contribution >= 0.6 is 22.9 Å². The third kappa shape index (κ3) is 3.13. The number of carbonyl (C=O) groups excluding carboxylic acids is 1. The normalized spacial score (nSPS) is 15.7. The van der Waals surface area contributed by atoms with E-state index in [4.69, 9.17) is 11.6 Å². The molecule has 1 aliphatic heterocycles. The Bertz CT molecular complexity index is 939. The molecule has 3 aromatic rings. The molecule has 4 rings (SSSR count). The summed E-state index contributed by atoms with van der Waals surface area (Å²) >= 11 is 7.52. The first-order chi connectivity index (χ1) is 12.6. The highest BCUT2D eigenvalue weighted by atomic mass is 35.5. The van der Waals surface area contributed by atoms with E-state index in [9.17, 15) is 4.79 Å². The molecule has 1 aromatic carbocycles. The summed E-state index contributed by atoms with van der Waals surface area (Å²) in [7, 11) is 1.92. The van der Waals surface area contributed by atoms with Gasteiger partial charge in [0.25, 0.3) is 5.91 Å². The van der Waals surface area contributed by atoms with Crippen molar-refractivity contribution in [2.45, 2.75) is 6.92 Å². The number of rotatable bonds is 3. The van der Waals surface area contributed by atoms with Crippen molar-refractivity contribution in [1.82, 2.24) is 19.6 Å². The molecule has 0 saturated carbocycles. The van der Waals surface area contributed by atoms with Crippen LogP contribution in [0.1, 0.15) is 16.6 Å². The van der Waals surface area contributed by atoms with Crippen molar-refractivity contribution >= 4 is 39.1 Å². The van der Waals surface area contributed by atoms with Gasteiger partial charge in [0, 0.05) is 49.2 Å². The lowest BCUT2D eigenvalue weighted by atomic mass is 10.1. The summed E-state index contributed by atoms with van der Waals surface area (Å²) in [5, 5.41) is 6.36. The topological polar surface area (TPSA) is 41.4 Å². The second kappa shape index (κ2) is 7.02. The maximum Gasteiger partial charge on any atom is 0.264 e. The smallest absolute Gasteiger partial charge is 0.264 e. The third-order valence-electron chi connectivity index (χ3n) is 4.95. The second-order valence-corrected chi connectivity index (χ2v) is 8.00. The monoisotopic (exact) mass is 388 g/mol. The summed E-state index contributed by atoms with van der Waals surface area (Å²) in [5.74, 6) is 0.129. The van der Waals surface area contributed by atoms with Crippen molar-refractivity contribution in [3.8, 4) is 11.3 Å². The predicted molar refractivity (Wildman–Crippen MR) is 107 cm³/mol. The Balaban J connectivity index is 1.65. The molecule has 26 heavy (non-hydrogen) atoms. The zero-order valence-electron chi connectivity index (χ0n) is 14.9. The number of hydrogen-bond acceptors (Lipinski definition) is 4. The second-order valence-electron chi connectivity index (χ2n) is 6.54. The third-order valence-corrected chi connectivity index (χ3v) is 6.39. The number of benzene rings is 1. The van der Waals surface area contributed by atoms with E-state index in [-0.39, 0.29) is 5.91 Å². The molecular formula is C19H21ClN4OS. The fourth-order valence-electron chi connectivity index (χ4n) is 3.39. The standard InChI is InChI=1S/C19H21ClN4OS/c1-3-23-8-10-24(11-9-23)18(25)16-12-15-17(21-22(2)19(15)26-16)13-4-6-14(20)7-5-13/h4-7,12H,3,8-11H2,1-2H3. The minimum absolute atomic E-state index is 0.129. The van der Waals surface area contributed by atoms with Crippen molar-refractivity contribution < 1.29 is 4.79 Å². The number of hydrogen-bond donors (Lipinski definition) is 0. The van der Waals surface area contributed by atoms with Crippen LogP contribution in [0.25, 0.3) is 21.5 Å². The molecule has 0 bridgehead atoms. The zero-order chi connectivity index (χ0) is 18.3. The van der Waals surface area contributed by atoms with Crippen LogP contribution in [0.4, 0.5) is 0 Å². The Morgan fingerprint density at radius 3 is 2.54 bits per heavy atom. The van der Waals surface area contributed by atoms with Crippen molar-refractivity contribution in [3.05, 3.63) is 40.2 Å². The van der Waals surface area contributed by atoms with E-state index in [0.717, 1.165) is 59.1 Å². The number of carbonyl (C=O) groups is 1. The molecule has 0 atom stereocenters. The van der Waals surface area contributed by atoms with Gasteiger partial charge in [-0.25, -0.2) is 0 Å². The first-order valence-electron chi connectivity index (χ1n) is 8.81. The molecule has 1 saturated heterocycles. The van der Waals surface area contributed by atoms with Gasteiger partial charge >= 0.3 is 0 Å². The minimum Gasteiger partial charge on any atom is -0.335 e. The van der Waals surface area contributed by atoms with Gasteiger partial charge in [-0.1, -0.05) is 30.7 Å². The van der Waals surface area contributed by atoms with Gasteiger partial charge in [-0.2, -0.15) is 5.10 Å². The van der Waals surface area contributed by atoms with E-state index in [1.54, 1.807) is 0 Å². The van der Waals surface area contributed by atoms with Gasteiger partial charge in [0.1, 0.15) is 10.5 Å². The quantitative estimate of drug-likeness (QED) is 0.686. The number of halogens is 1. The van der Waals surface area contributed by atoms with Gasteiger partial charge in [-0.3, -0.25) is 9.48 Å². The van der Waals surface area contributed by atoms with Crippen molar-refractivity contribution in [3.63, 3.8) is 0 Å². The number of aromatic nitrogens is 2. The molecular weight excluding hydrogens is 368 g/mol. The van der Waals surface area contributed by atoms with Gasteiger partial charge in [-0.05, 0) is 24.7 Å². The van der Waals surface area contributed by atoms with E-state index >= 15 is 0 Å². The van der Waals surface area contributed by atoms with E-state index in [0.29, 0.717) is 5.02 Å². The maximum absolute atomic E-state index is 12.9. The summed E-state index contributed by atoms with van der Waals surface area (Å²) in [6.45, 7) is 6.69. The molecule has 1 fully saturated rings. The minimum atomic E-state index is 0.129. The van der Waals surface area contributed by atoms with Crippen LogP contribution in [0, 0.1) is 0 Å². The SMILES string of the molecule is CCN1CCN(C(=O)c2cc3c(-c4ccc(Cl)cc4)nn(C)c3s2)CC1. The number of amides is 1. The number of likely N-dealkylation sites (N-methyl/N-ethyl adjacent to an activating group) is 1. The average Bonchev–Trinajstić information content (AvgIpc) is 3.23. The van der Waals surface area contributed by atoms with Crippen LogP contribution < -0.4 is 0 Å². The number of aryl methyl sites for hydroxylation is 1. The molecule has 1 amide bonds. The number of fused-ring (bicyclic) bond motifs is 1. The van der Waals surface area contributed by atoms with Crippen LogP contribution in [-0.4, -0.2) is 58.2 Å². The van der Waals surface area contributed by atoms with Gasteiger partial charge in [0.2, 0.25) is 0 Å². The van der Waals surface area contributed by atoms with Gasteiger partial charge in [0.05, 0.1) is 4.88 Å². The Morgan fingerprint density at radius 2 is 1.88 bits per heavy atom. The number of thiophene rings is 1.